The van der Waals surface area contributed by atoms with Crippen LogP contribution in [0.4, 0.5) is 11.4 Å². The minimum atomic E-state index is -4.16. The summed E-state index contributed by atoms with van der Waals surface area (Å²) in [6.07, 6.45) is 1.43. The van der Waals surface area contributed by atoms with E-state index in [0.29, 0.717) is 4.47 Å². The molecule has 122 valence electrons. The monoisotopic (exact) mass is 407 g/mol. The van der Waals surface area contributed by atoms with Gasteiger partial charge in [0.25, 0.3) is 5.69 Å². The Labute approximate surface area is 145 Å². The van der Waals surface area contributed by atoms with Gasteiger partial charge in [-0.05, 0) is 46.3 Å². The largest absolute Gasteiger partial charge is 0.397 e. The normalized spacial score (nSPS) is 11.5. The van der Waals surface area contributed by atoms with Gasteiger partial charge in [0.2, 0.25) is 9.84 Å². The molecule has 24 heavy (non-hydrogen) atoms. The Bertz CT molecular complexity index is 1080. The van der Waals surface area contributed by atoms with Crippen LogP contribution >= 0.6 is 15.9 Å². The highest BCUT2D eigenvalue weighted by molar-refractivity contribution is 9.10. The molecule has 7 nitrogen and oxygen atoms in total. The molecule has 0 bridgehead atoms. The highest BCUT2D eigenvalue weighted by atomic mass is 79.9. The number of sulfone groups is 1. The number of nitrogens with two attached hydrogens (primary N) is 1. The molecule has 0 spiro atoms. The van der Waals surface area contributed by atoms with E-state index in [1.54, 1.807) is 12.1 Å². The van der Waals surface area contributed by atoms with Gasteiger partial charge in [-0.25, -0.2) is 8.42 Å². The van der Waals surface area contributed by atoms with Gasteiger partial charge in [0.05, 0.1) is 20.9 Å². The number of rotatable bonds is 3. The molecule has 2 N–H and O–H groups in total. The lowest BCUT2D eigenvalue weighted by Crippen LogP contribution is -2.08. The average Bonchev–Trinajstić information content (AvgIpc) is 2.54. The molecule has 0 atom stereocenters. The van der Waals surface area contributed by atoms with Crippen molar-refractivity contribution < 1.29 is 13.3 Å². The molecule has 1 aromatic heterocycles. The first kappa shape index (κ1) is 16.3. The molecular formula is C15H10BrN3O4S. The summed E-state index contributed by atoms with van der Waals surface area (Å²) in [7, 11) is -4.16. The van der Waals surface area contributed by atoms with E-state index >= 15 is 0 Å². The molecule has 0 amide bonds. The summed E-state index contributed by atoms with van der Waals surface area (Å²) in [4.78, 5) is 14.3. The van der Waals surface area contributed by atoms with Crippen LogP contribution in [-0.4, -0.2) is 18.3 Å². The van der Waals surface area contributed by atoms with Crippen LogP contribution in [0.1, 0.15) is 0 Å². The second-order valence-electron chi connectivity index (χ2n) is 4.90. The molecule has 1 heterocycles. The molecule has 0 saturated carbocycles. The zero-order valence-corrected chi connectivity index (χ0v) is 14.4. The Morgan fingerprint density at radius 2 is 1.83 bits per heavy atom. The molecule has 0 saturated heterocycles. The summed E-state index contributed by atoms with van der Waals surface area (Å²) in [6, 6.07) is 10.1. The van der Waals surface area contributed by atoms with Crippen molar-refractivity contribution in [3.05, 3.63) is 63.2 Å². The van der Waals surface area contributed by atoms with E-state index in [-0.39, 0.29) is 21.5 Å². The van der Waals surface area contributed by atoms with Crippen molar-refractivity contribution in [2.75, 3.05) is 5.73 Å². The summed E-state index contributed by atoms with van der Waals surface area (Å²) >= 11 is 3.17. The van der Waals surface area contributed by atoms with Crippen molar-refractivity contribution in [2.24, 2.45) is 0 Å². The molecule has 0 fully saturated rings. The fourth-order valence-corrected chi connectivity index (χ4v) is 4.88. The zero-order valence-electron chi connectivity index (χ0n) is 12.0. The number of hydrogen-bond donors (Lipinski definition) is 1. The van der Waals surface area contributed by atoms with E-state index in [0.717, 1.165) is 6.07 Å². The van der Waals surface area contributed by atoms with Gasteiger partial charge in [-0.15, -0.1) is 0 Å². The van der Waals surface area contributed by atoms with Gasteiger partial charge in [-0.3, -0.25) is 15.1 Å². The predicted molar refractivity (Wildman–Crippen MR) is 92.4 cm³/mol. The number of aromatic nitrogens is 1. The number of halogens is 1. The van der Waals surface area contributed by atoms with Crippen molar-refractivity contribution in [1.29, 1.82) is 0 Å². The number of fused-ring (bicyclic) bond motifs is 1. The van der Waals surface area contributed by atoms with Gasteiger partial charge in [0.1, 0.15) is 5.52 Å². The smallest absolute Gasteiger partial charge is 0.297 e. The van der Waals surface area contributed by atoms with Crippen LogP contribution in [0.2, 0.25) is 0 Å². The first-order valence-electron chi connectivity index (χ1n) is 6.65. The van der Waals surface area contributed by atoms with Gasteiger partial charge in [-0.1, -0.05) is 12.1 Å². The Morgan fingerprint density at radius 1 is 1.12 bits per heavy atom. The molecule has 2 aromatic carbocycles. The Morgan fingerprint density at radius 3 is 2.50 bits per heavy atom. The lowest BCUT2D eigenvalue weighted by Gasteiger charge is -2.10. The second kappa shape index (κ2) is 5.84. The summed E-state index contributed by atoms with van der Waals surface area (Å²) in [5.74, 6) is 0. The standard InChI is InChI=1S/C15H10BrN3O4S/c16-10-5-1-2-6-12(10)24(22,23)13-8-11(17)14-9(4-3-7-18-14)15(13)19(20)21/h1-8H,17H2. The first-order valence-corrected chi connectivity index (χ1v) is 8.93. The molecule has 3 aromatic rings. The molecule has 0 aliphatic heterocycles. The Kier molecular flexibility index (Phi) is 3.98. The molecule has 0 aliphatic rings. The number of nitro benzene ring substituents is 1. The first-order chi connectivity index (χ1) is 11.3. The molecule has 0 aliphatic carbocycles. The molecule has 0 radical (unpaired) electrons. The number of nitrogen functional groups attached to an aromatic ring is 1. The highest BCUT2D eigenvalue weighted by Gasteiger charge is 2.32. The van der Waals surface area contributed by atoms with E-state index < -0.39 is 25.3 Å². The summed E-state index contributed by atoms with van der Waals surface area (Å²) in [5.41, 5.74) is 5.59. The third kappa shape index (κ3) is 2.51. The zero-order chi connectivity index (χ0) is 17.5. The second-order valence-corrected chi connectivity index (χ2v) is 7.64. The topological polar surface area (TPSA) is 116 Å². The van der Waals surface area contributed by atoms with E-state index in [2.05, 4.69) is 20.9 Å². The quantitative estimate of drug-likeness (QED) is 0.404. The number of benzene rings is 2. The minimum Gasteiger partial charge on any atom is -0.397 e. The lowest BCUT2D eigenvalue weighted by molar-refractivity contribution is -0.386. The molecule has 9 heteroatoms. The van der Waals surface area contributed by atoms with Crippen molar-refractivity contribution in [1.82, 2.24) is 4.98 Å². The predicted octanol–water partition coefficient (Wildman–Crippen LogP) is 3.32. The SMILES string of the molecule is Nc1cc(S(=O)(=O)c2ccccc2Br)c([N+](=O)[O-])c2cccnc12. The fraction of sp³-hybridized carbons (Fsp3) is 0. The number of hydrogen-bond acceptors (Lipinski definition) is 6. The maximum absolute atomic E-state index is 13.0. The van der Waals surface area contributed by atoms with Crippen LogP contribution in [0.5, 0.6) is 0 Å². The van der Waals surface area contributed by atoms with E-state index in [4.69, 9.17) is 5.73 Å². The van der Waals surface area contributed by atoms with Crippen LogP contribution in [0, 0.1) is 10.1 Å². The lowest BCUT2D eigenvalue weighted by atomic mass is 10.1. The van der Waals surface area contributed by atoms with Crippen molar-refractivity contribution in [3.63, 3.8) is 0 Å². The fourth-order valence-electron chi connectivity index (χ4n) is 2.41. The maximum Gasteiger partial charge on any atom is 0.297 e. The van der Waals surface area contributed by atoms with Crippen molar-refractivity contribution in [2.45, 2.75) is 9.79 Å². The van der Waals surface area contributed by atoms with Crippen LogP contribution in [-0.2, 0) is 9.84 Å². The van der Waals surface area contributed by atoms with Gasteiger partial charge in [-0.2, -0.15) is 0 Å². The van der Waals surface area contributed by atoms with Crippen molar-refractivity contribution in [3.8, 4) is 0 Å². The van der Waals surface area contributed by atoms with Gasteiger partial charge >= 0.3 is 0 Å². The van der Waals surface area contributed by atoms with E-state index in [1.807, 2.05) is 0 Å². The van der Waals surface area contributed by atoms with Crippen LogP contribution in [0.25, 0.3) is 10.9 Å². The Hall–Kier alpha value is -2.52. The van der Waals surface area contributed by atoms with Crippen LogP contribution in [0.15, 0.2) is 62.9 Å². The molecule has 0 unspecified atom stereocenters. The van der Waals surface area contributed by atoms with Gasteiger partial charge in [0.15, 0.2) is 4.90 Å². The van der Waals surface area contributed by atoms with Crippen LogP contribution in [0.3, 0.4) is 0 Å². The van der Waals surface area contributed by atoms with Gasteiger partial charge in [0, 0.05) is 10.7 Å². The molecule has 3 rings (SSSR count). The highest BCUT2D eigenvalue weighted by Crippen LogP contribution is 2.39. The number of anilines is 1. The average molecular weight is 408 g/mol. The van der Waals surface area contributed by atoms with Crippen molar-refractivity contribution >= 4 is 48.0 Å². The van der Waals surface area contributed by atoms with Crippen LogP contribution < -0.4 is 5.73 Å². The number of nitro groups is 1. The summed E-state index contributed by atoms with van der Waals surface area (Å²) in [6.45, 7) is 0. The van der Waals surface area contributed by atoms with E-state index in [1.165, 1.54) is 30.5 Å². The molecular weight excluding hydrogens is 398 g/mol. The summed E-state index contributed by atoms with van der Waals surface area (Å²) < 4.78 is 26.2. The number of nitrogens with zero attached hydrogens (tertiary/aromatic N) is 2. The summed E-state index contributed by atoms with van der Waals surface area (Å²) in [5, 5.41) is 11.6. The minimum absolute atomic E-state index is 0.0572. The third-order valence-corrected chi connectivity index (χ3v) is 6.23. The maximum atomic E-state index is 13.0. The Balaban J connectivity index is 2.45. The van der Waals surface area contributed by atoms with Gasteiger partial charge < -0.3 is 5.73 Å². The third-order valence-electron chi connectivity index (χ3n) is 3.45. The number of pyridine rings is 1. The van der Waals surface area contributed by atoms with E-state index in [9.17, 15) is 18.5 Å².